The van der Waals surface area contributed by atoms with Crippen LogP contribution in [0.2, 0.25) is 0 Å². The van der Waals surface area contributed by atoms with Gasteiger partial charge < -0.3 is 16.0 Å². The normalized spacial score (nSPS) is 20.0. The van der Waals surface area contributed by atoms with Crippen molar-refractivity contribution in [2.24, 2.45) is 11.7 Å². The molecule has 1 aliphatic heterocycles. The Kier molecular flexibility index (Phi) is 8.02. The van der Waals surface area contributed by atoms with Gasteiger partial charge in [0.2, 0.25) is 5.91 Å². The third-order valence-electron chi connectivity index (χ3n) is 4.05. The van der Waals surface area contributed by atoms with Crippen LogP contribution in [-0.2, 0) is 4.79 Å². The zero-order valence-electron chi connectivity index (χ0n) is 13.1. The van der Waals surface area contributed by atoms with E-state index >= 15 is 0 Å². The molecule has 2 amide bonds. The van der Waals surface area contributed by atoms with Crippen molar-refractivity contribution in [3.63, 3.8) is 0 Å². The molecule has 1 aliphatic rings. The van der Waals surface area contributed by atoms with Crippen LogP contribution >= 0.6 is 28.3 Å². The lowest BCUT2D eigenvalue weighted by Crippen LogP contribution is -2.37. The van der Waals surface area contributed by atoms with E-state index in [4.69, 9.17) is 5.73 Å². The molecule has 5 nitrogen and oxygen atoms in total. The van der Waals surface area contributed by atoms with Gasteiger partial charge in [0.05, 0.1) is 0 Å². The van der Waals surface area contributed by atoms with Crippen LogP contribution in [-0.4, -0.2) is 42.4 Å². The number of rotatable bonds is 5. The highest BCUT2D eigenvalue weighted by molar-refractivity contribution is 9.10. The maximum atomic E-state index is 12.2. The lowest BCUT2D eigenvalue weighted by molar-refractivity contribution is -0.131. The predicted octanol–water partition coefficient (Wildman–Crippen LogP) is 2.19. The Morgan fingerprint density at radius 1 is 1.35 bits per heavy atom. The van der Waals surface area contributed by atoms with Gasteiger partial charge in [-0.1, -0.05) is 15.9 Å². The van der Waals surface area contributed by atoms with E-state index in [1.54, 1.807) is 12.1 Å². The summed E-state index contributed by atoms with van der Waals surface area (Å²) in [6.07, 6.45) is 1.29. The molecule has 7 heteroatoms. The second-order valence-corrected chi connectivity index (χ2v) is 6.66. The molecule has 1 heterocycles. The van der Waals surface area contributed by atoms with Crippen molar-refractivity contribution in [3.8, 4) is 0 Å². The van der Waals surface area contributed by atoms with Gasteiger partial charge in [-0.05, 0) is 50.1 Å². The Hall–Kier alpha value is -1.11. The van der Waals surface area contributed by atoms with E-state index in [9.17, 15) is 9.59 Å². The monoisotopic (exact) mass is 403 g/mol. The maximum Gasteiger partial charge on any atom is 0.251 e. The summed E-state index contributed by atoms with van der Waals surface area (Å²) in [7, 11) is 0. The highest BCUT2D eigenvalue weighted by Crippen LogP contribution is 2.22. The van der Waals surface area contributed by atoms with E-state index in [0.29, 0.717) is 31.0 Å². The molecule has 1 saturated heterocycles. The lowest BCUT2D eigenvalue weighted by Gasteiger charge is -2.21. The molecule has 1 aromatic carbocycles. The van der Waals surface area contributed by atoms with Crippen LogP contribution in [0.5, 0.6) is 0 Å². The minimum absolute atomic E-state index is 0. The summed E-state index contributed by atoms with van der Waals surface area (Å²) in [5.74, 6) is 0.325. The maximum absolute atomic E-state index is 12.2. The van der Waals surface area contributed by atoms with Gasteiger partial charge in [-0.15, -0.1) is 12.4 Å². The van der Waals surface area contributed by atoms with E-state index in [1.807, 2.05) is 24.0 Å². The number of amides is 2. The summed E-state index contributed by atoms with van der Waals surface area (Å²) in [4.78, 5) is 26.0. The minimum atomic E-state index is -0.158. The fourth-order valence-corrected chi connectivity index (χ4v) is 3.05. The highest BCUT2D eigenvalue weighted by Gasteiger charge is 2.31. The standard InChI is InChI=1S/C16H22BrN3O2.ClH/c1-11-8-12(9-18)10-20(11)15(21)6-7-19-16(22)13-2-4-14(17)5-3-13;/h2-5,11-12H,6-10,18H2,1H3,(H,19,22);1H. The third-order valence-corrected chi connectivity index (χ3v) is 4.57. The molecule has 2 atom stereocenters. The average molecular weight is 405 g/mol. The lowest BCUT2D eigenvalue weighted by atomic mass is 10.1. The molecular formula is C16H23BrClN3O2. The van der Waals surface area contributed by atoms with Gasteiger partial charge >= 0.3 is 0 Å². The molecule has 1 aromatic rings. The number of benzene rings is 1. The van der Waals surface area contributed by atoms with Crippen LogP contribution in [0.15, 0.2) is 28.7 Å². The van der Waals surface area contributed by atoms with Gasteiger partial charge in [0.25, 0.3) is 5.91 Å². The summed E-state index contributed by atoms with van der Waals surface area (Å²) >= 11 is 3.33. The Bertz CT molecular complexity index is 539. The van der Waals surface area contributed by atoms with Gasteiger partial charge in [0.15, 0.2) is 0 Å². The van der Waals surface area contributed by atoms with Gasteiger partial charge in [0, 0.05) is 35.6 Å². The number of nitrogens with two attached hydrogens (primary N) is 1. The van der Waals surface area contributed by atoms with Crippen LogP contribution in [0.3, 0.4) is 0 Å². The molecule has 0 spiro atoms. The molecule has 0 aromatic heterocycles. The first-order valence-corrected chi connectivity index (χ1v) is 8.34. The van der Waals surface area contributed by atoms with Crippen LogP contribution in [0.4, 0.5) is 0 Å². The number of likely N-dealkylation sites (tertiary alicyclic amines) is 1. The average Bonchev–Trinajstić information content (AvgIpc) is 2.89. The molecule has 3 N–H and O–H groups in total. The van der Waals surface area contributed by atoms with Gasteiger partial charge in [-0.2, -0.15) is 0 Å². The molecule has 2 unspecified atom stereocenters. The summed E-state index contributed by atoms with van der Waals surface area (Å²) in [6, 6.07) is 7.37. The topological polar surface area (TPSA) is 75.4 Å². The van der Waals surface area contributed by atoms with Gasteiger partial charge in [0.1, 0.15) is 0 Å². The Balaban J connectivity index is 0.00000264. The highest BCUT2D eigenvalue weighted by atomic mass is 79.9. The molecule has 23 heavy (non-hydrogen) atoms. The molecule has 0 bridgehead atoms. The summed E-state index contributed by atoms with van der Waals surface area (Å²) < 4.78 is 0.928. The van der Waals surface area contributed by atoms with Crippen molar-refractivity contribution in [1.82, 2.24) is 10.2 Å². The quantitative estimate of drug-likeness (QED) is 0.790. The third kappa shape index (κ3) is 5.48. The molecule has 0 radical (unpaired) electrons. The number of nitrogens with zero attached hydrogens (tertiary/aromatic N) is 1. The van der Waals surface area contributed by atoms with Crippen LogP contribution in [0.25, 0.3) is 0 Å². The van der Waals surface area contributed by atoms with Crippen molar-refractivity contribution < 1.29 is 9.59 Å². The predicted molar refractivity (Wildman–Crippen MR) is 96.7 cm³/mol. The van der Waals surface area contributed by atoms with Crippen molar-refractivity contribution in [2.75, 3.05) is 19.6 Å². The van der Waals surface area contributed by atoms with Crippen LogP contribution in [0, 0.1) is 5.92 Å². The van der Waals surface area contributed by atoms with Crippen molar-refractivity contribution in [1.29, 1.82) is 0 Å². The second-order valence-electron chi connectivity index (χ2n) is 5.75. The van der Waals surface area contributed by atoms with Gasteiger partial charge in [-0.3, -0.25) is 9.59 Å². The zero-order chi connectivity index (χ0) is 16.1. The number of hydrogen-bond donors (Lipinski definition) is 2. The SMILES string of the molecule is CC1CC(CN)CN1C(=O)CCNC(=O)c1ccc(Br)cc1.Cl. The van der Waals surface area contributed by atoms with Crippen molar-refractivity contribution in [3.05, 3.63) is 34.3 Å². The van der Waals surface area contributed by atoms with Gasteiger partial charge in [-0.25, -0.2) is 0 Å². The molecular weight excluding hydrogens is 382 g/mol. The zero-order valence-corrected chi connectivity index (χ0v) is 15.5. The number of nitrogens with one attached hydrogen (secondary N) is 1. The Morgan fingerprint density at radius 2 is 2.00 bits per heavy atom. The fraction of sp³-hybridized carbons (Fsp3) is 0.500. The number of carbonyl (C=O) groups excluding carboxylic acids is 2. The van der Waals surface area contributed by atoms with Crippen LogP contribution in [0.1, 0.15) is 30.1 Å². The first-order chi connectivity index (χ1) is 10.5. The van der Waals surface area contributed by atoms with E-state index in [0.717, 1.165) is 17.4 Å². The number of halogens is 2. The number of hydrogen-bond acceptors (Lipinski definition) is 3. The fourth-order valence-electron chi connectivity index (χ4n) is 2.79. The van der Waals surface area contributed by atoms with E-state index in [-0.39, 0.29) is 30.3 Å². The Morgan fingerprint density at radius 3 is 2.57 bits per heavy atom. The smallest absolute Gasteiger partial charge is 0.251 e. The summed E-state index contributed by atoms with van der Waals surface area (Å²) in [6.45, 7) is 3.75. The number of carbonyl (C=O) groups is 2. The summed E-state index contributed by atoms with van der Waals surface area (Å²) in [5.41, 5.74) is 6.27. The van der Waals surface area contributed by atoms with Crippen molar-refractivity contribution in [2.45, 2.75) is 25.8 Å². The van der Waals surface area contributed by atoms with E-state index < -0.39 is 0 Å². The molecule has 128 valence electrons. The van der Waals surface area contributed by atoms with E-state index in [2.05, 4.69) is 21.2 Å². The minimum Gasteiger partial charge on any atom is -0.352 e. The summed E-state index contributed by atoms with van der Waals surface area (Å²) in [5, 5.41) is 2.79. The molecule has 2 rings (SSSR count). The second kappa shape index (κ2) is 9.25. The van der Waals surface area contributed by atoms with Crippen molar-refractivity contribution >= 4 is 40.2 Å². The molecule has 0 saturated carbocycles. The first kappa shape index (κ1) is 19.9. The largest absolute Gasteiger partial charge is 0.352 e. The first-order valence-electron chi connectivity index (χ1n) is 7.54. The molecule has 1 fully saturated rings. The molecule has 0 aliphatic carbocycles. The van der Waals surface area contributed by atoms with Crippen LogP contribution < -0.4 is 11.1 Å². The Labute approximate surface area is 151 Å². The van der Waals surface area contributed by atoms with E-state index in [1.165, 1.54) is 0 Å².